The van der Waals surface area contributed by atoms with Crippen molar-refractivity contribution in [1.29, 1.82) is 0 Å². The lowest BCUT2D eigenvalue weighted by Crippen LogP contribution is -2.38. The lowest BCUT2D eigenvalue weighted by molar-refractivity contribution is -0.116. The summed E-state index contributed by atoms with van der Waals surface area (Å²) in [6, 6.07) is 6.59. The third-order valence-electron chi connectivity index (χ3n) is 4.91. The van der Waals surface area contributed by atoms with Crippen LogP contribution in [0.2, 0.25) is 0 Å². The summed E-state index contributed by atoms with van der Waals surface area (Å²) in [6.07, 6.45) is 8.73. The van der Waals surface area contributed by atoms with Crippen LogP contribution < -0.4 is 5.32 Å². The van der Waals surface area contributed by atoms with Crippen molar-refractivity contribution < 1.29 is 13.2 Å². The number of nitrogens with zero attached hydrogens (tertiary/aromatic N) is 1. The first-order valence-corrected chi connectivity index (χ1v) is 10.8. The van der Waals surface area contributed by atoms with E-state index in [2.05, 4.69) is 12.2 Å². The van der Waals surface area contributed by atoms with Gasteiger partial charge in [-0.3, -0.25) is 4.79 Å². The van der Waals surface area contributed by atoms with Crippen molar-refractivity contribution in [3.63, 3.8) is 0 Å². The molecule has 1 aromatic carbocycles. The number of amides is 1. The Kier molecular flexibility index (Phi) is 7.44. The van der Waals surface area contributed by atoms with Crippen LogP contribution in [-0.2, 0) is 14.8 Å². The number of unbranched alkanes of at least 4 members (excludes halogenated alkanes) is 2. The van der Waals surface area contributed by atoms with Crippen molar-refractivity contribution in [2.24, 2.45) is 0 Å². The van der Waals surface area contributed by atoms with Gasteiger partial charge in [-0.25, -0.2) is 8.42 Å². The Morgan fingerprint density at radius 1 is 1.12 bits per heavy atom. The Labute approximate surface area is 151 Å². The predicted octanol–water partition coefficient (Wildman–Crippen LogP) is 4.16. The van der Waals surface area contributed by atoms with Gasteiger partial charge in [0.1, 0.15) is 0 Å². The van der Waals surface area contributed by atoms with Crippen molar-refractivity contribution in [2.45, 2.75) is 75.6 Å². The molecule has 1 aliphatic rings. The molecule has 25 heavy (non-hydrogen) atoms. The molecule has 0 atom stereocenters. The highest BCUT2D eigenvalue weighted by Crippen LogP contribution is 2.27. The molecular weight excluding hydrogens is 336 g/mol. The van der Waals surface area contributed by atoms with Crippen LogP contribution in [0.3, 0.4) is 0 Å². The minimum Gasteiger partial charge on any atom is -0.326 e. The topological polar surface area (TPSA) is 66.5 Å². The fourth-order valence-corrected chi connectivity index (χ4v) is 4.69. The number of anilines is 1. The van der Waals surface area contributed by atoms with Crippen molar-refractivity contribution >= 4 is 21.6 Å². The summed E-state index contributed by atoms with van der Waals surface area (Å²) in [4.78, 5) is 12.1. The van der Waals surface area contributed by atoms with Gasteiger partial charge in [-0.15, -0.1) is 0 Å². The first-order chi connectivity index (χ1) is 11.9. The third kappa shape index (κ3) is 5.54. The number of hydrogen-bond donors (Lipinski definition) is 1. The van der Waals surface area contributed by atoms with Crippen LogP contribution in [0.5, 0.6) is 0 Å². The van der Waals surface area contributed by atoms with E-state index in [1.807, 2.05) is 0 Å². The number of carbonyl (C=O) groups is 1. The van der Waals surface area contributed by atoms with Gasteiger partial charge in [-0.1, -0.05) is 39.0 Å². The number of sulfonamides is 1. The highest BCUT2D eigenvalue weighted by atomic mass is 32.2. The summed E-state index contributed by atoms with van der Waals surface area (Å²) < 4.78 is 27.1. The minimum absolute atomic E-state index is 0.0246. The van der Waals surface area contributed by atoms with E-state index in [4.69, 9.17) is 0 Å². The molecule has 1 aliphatic carbocycles. The molecule has 1 N–H and O–H groups in total. The van der Waals surface area contributed by atoms with E-state index in [0.29, 0.717) is 12.1 Å². The summed E-state index contributed by atoms with van der Waals surface area (Å²) in [5.74, 6) is -0.0246. The van der Waals surface area contributed by atoms with E-state index in [-0.39, 0.29) is 16.8 Å². The lowest BCUT2D eigenvalue weighted by Gasteiger charge is -2.30. The minimum atomic E-state index is -3.48. The van der Waals surface area contributed by atoms with Gasteiger partial charge >= 0.3 is 0 Å². The second-order valence-electron chi connectivity index (χ2n) is 6.84. The molecule has 0 aromatic heterocycles. The molecule has 1 saturated carbocycles. The third-order valence-corrected chi connectivity index (χ3v) is 6.84. The normalized spacial score (nSPS) is 16.1. The number of nitrogens with one attached hydrogen (secondary N) is 1. The molecule has 1 fully saturated rings. The van der Waals surface area contributed by atoms with E-state index in [0.717, 1.165) is 44.9 Å². The molecule has 6 heteroatoms. The zero-order valence-corrected chi connectivity index (χ0v) is 16.1. The molecule has 1 aromatic rings. The molecular formula is C19H30N2O3S. The molecule has 0 radical (unpaired) electrons. The van der Waals surface area contributed by atoms with Gasteiger partial charge in [0.15, 0.2) is 0 Å². The van der Waals surface area contributed by atoms with Crippen LogP contribution in [0.4, 0.5) is 5.69 Å². The maximum atomic E-state index is 12.8. The highest BCUT2D eigenvalue weighted by molar-refractivity contribution is 7.89. The Morgan fingerprint density at radius 3 is 2.36 bits per heavy atom. The molecule has 0 unspecified atom stereocenters. The van der Waals surface area contributed by atoms with Crippen LogP contribution in [-0.4, -0.2) is 31.7 Å². The number of hydrogen-bond acceptors (Lipinski definition) is 3. The maximum absolute atomic E-state index is 12.8. The number of benzene rings is 1. The molecule has 140 valence electrons. The van der Waals surface area contributed by atoms with Crippen LogP contribution in [0.1, 0.15) is 64.7 Å². The van der Waals surface area contributed by atoms with Gasteiger partial charge in [0.25, 0.3) is 0 Å². The quantitative estimate of drug-likeness (QED) is 0.703. The molecule has 0 saturated heterocycles. The maximum Gasteiger partial charge on any atom is 0.243 e. The van der Waals surface area contributed by atoms with Crippen molar-refractivity contribution in [3.8, 4) is 0 Å². The fraction of sp³-hybridized carbons (Fsp3) is 0.632. The summed E-state index contributed by atoms with van der Waals surface area (Å²) >= 11 is 0. The molecule has 0 bridgehead atoms. The average molecular weight is 367 g/mol. The van der Waals surface area contributed by atoms with Gasteiger partial charge in [-0.2, -0.15) is 4.31 Å². The Bertz CT molecular complexity index is 650. The van der Waals surface area contributed by atoms with Crippen molar-refractivity contribution in [2.75, 3.05) is 12.4 Å². The Morgan fingerprint density at radius 2 is 1.76 bits per heavy atom. The van der Waals surface area contributed by atoms with Gasteiger partial charge < -0.3 is 5.32 Å². The molecule has 2 rings (SSSR count). The summed E-state index contributed by atoms with van der Waals surface area (Å²) in [6.45, 7) is 2.10. The van der Waals surface area contributed by atoms with E-state index >= 15 is 0 Å². The summed E-state index contributed by atoms with van der Waals surface area (Å²) in [5, 5.41) is 2.82. The zero-order valence-electron chi connectivity index (χ0n) is 15.3. The van der Waals surface area contributed by atoms with Crippen LogP contribution >= 0.6 is 0 Å². The first-order valence-electron chi connectivity index (χ1n) is 9.33. The molecule has 0 aliphatic heterocycles. The largest absolute Gasteiger partial charge is 0.326 e. The Hall–Kier alpha value is -1.40. The smallest absolute Gasteiger partial charge is 0.243 e. The van der Waals surface area contributed by atoms with E-state index in [9.17, 15) is 13.2 Å². The van der Waals surface area contributed by atoms with Crippen LogP contribution in [0.15, 0.2) is 29.2 Å². The molecule has 0 spiro atoms. The molecule has 0 heterocycles. The second kappa shape index (κ2) is 9.34. The van der Waals surface area contributed by atoms with E-state index in [1.165, 1.54) is 10.7 Å². The molecule has 5 nitrogen and oxygen atoms in total. The number of rotatable bonds is 8. The van der Waals surface area contributed by atoms with Crippen LogP contribution in [0.25, 0.3) is 0 Å². The lowest BCUT2D eigenvalue weighted by atomic mass is 9.96. The zero-order chi connectivity index (χ0) is 18.3. The number of carbonyl (C=O) groups excluding carboxylic acids is 1. The van der Waals surface area contributed by atoms with E-state index in [1.54, 1.807) is 31.3 Å². The van der Waals surface area contributed by atoms with Gasteiger partial charge in [0.05, 0.1) is 4.90 Å². The predicted molar refractivity (Wildman–Crippen MR) is 101 cm³/mol. The second-order valence-corrected chi connectivity index (χ2v) is 8.84. The van der Waals surface area contributed by atoms with Crippen molar-refractivity contribution in [3.05, 3.63) is 24.3 Å². The Balaban J connectivity index is 1.99. The van der Waals surface area contributed by atoms with Gasteiger partial charge in [-0.05, 0) is 43.5 Å². The first kappa shape index (κ1) is 19.9. The average Bonchev–Trinajstić information content (AvgIpc) is 2.62. The van der Waals surface area contributed by atoms with Gasteiger partial charge in [0, 0.05) is 25.2 Å². The van der Waals surface area contributed by atoms with Gasteiger partial charge in [0.2, 0.25) is 15.9 Å². The van der Waals surface area contributed by atoms with E-state index < -0.39 is 10.0 Å². The van der Waals surface area contributed by atoms with Crippen LogP contribution in [0, 0.1) is 0 Å². The molecule has 1 amide bonds. The summed E-state index contributed by atoms with van der Waals surface area (Å²) in [5.41, 5.74) is 0.640. The highest BCUT2D eigenvalue weighted by Gasteiger charge is 2.28. The fourth-order valence-electron chi connectivity index (χ4n) is 3.28. The summed E-state index contributed by atoms with van der Waals surface area (Å²) in [7, 11) is -1.81. The monoisotopic (exact) mass is 366 g/mol. The van der Waals surface area contributed by atoms with Crippen molar-refractivity contribution in [1.82, 2.24) is 4.31 Å². The standard InChI is InChI=1S/C19H30N2O3S/c1-3-4-6-11-19(22)20-16-12-14-18(15-13-16)25(23,24)21(2)17-9-7-5-8-10-17/h12-15,17H,3-11H2,1-2H3,(H,20,22). The SMILES string of the molecule is CCCCCC(=O)Nc1ccc(S(=O)(=O)N(C)C2CCCCC2)cc1.